The maximum atomic E-state index is 2.27. The Balaban J connectivity index is 2.36. The van der Waals surface area contributed by atoms with Crippen LogP contribution in [-0.4, -0.2) is 14.1 Å². The minimum Gasteiger partial charge on any atom is -0.377 e. The zero-order valence-corrected chi connectivity index (χ0v) is 10.2. The predicted octanol–water partition coefficient (Wildman–Crippen LogP) is 2.62. The quantitative estimate of drug-likeness (QED) is 0.514. The Morgan fingerprint density at radius 2 is 1.73 bits per heavy atom. The second-order valence-corrected chi connectivity index (χ2v) is 4.25. The van der Waals surface area contributed by atoms with E-state index in [0.29, 0.717) is 0 Å². The molecule has 0 saturated carbocycles. The van der Waals surface area contributed by atoms with Gasteiger partial charge in [-0.1, -0.05) is 19.8 Å². The summed E-state index contributed by atoms with van der Waals surface area (Å²) in [6.45, 7) is 3.40. The lowest BCUT2D eigenvalue weighted by molar-refractivity contribution is -0.697. The van der Waals surface area contributed by atoms with Gasteiger partial charge in [0, 0.05) is 38.3 Å². The van der Waals surface area contributed by atoms with Gasteiger partial charge in [0.1, 0.15) is 6.54 Å². The molecule has 0 radical (unpaired) electrons. The highest BCUT2D eigenvalue weighted by Crippen LogP contribution is 2.06. The molecule has 1 rings (SSSR count). The normalized spacial score (nSPS) is 10.3. The first-order valence-corrected chi connectivity index (χ1v) is 5.90. The number of nitrogens with zero attached hydrogens (tertiary/aromatic N) is 2. The SMILES string of the molecule is CCCCCC[n+]1ccc(N(C)C)cc1. The largest absolute Gasteiger partial charge is 0.377 e. The minimum atomic E-state index is 1.15. The predicted molar refractivity (Wildman–Crippen MR) is 65.1 cm³/mol. The molecule has 84 valence electrons. The van der Waals surface area contributed by atoms with E-state index < -0.39 is 0 Å². The standard InChI is InChI=1S/C13H23N2/c1-4-5-6-7-10-15-11-8-13(9-12-15)14(2)3/h8-9,11-12H,4-7,10H2,1-3H3/q+1. The Bertz CT molecular complexity index is 264. The number of aromatic nitrogens is 1. The molecule has 1 aromatic rings. The molecule has 0 unspecified atom stereocenters. The molecular formula is C13H23N2+. The number of hydrogen-bond acceptors (Lipinski definition) is 1. The molecule has 2 nitrogen and oxygen atoms in total. The Kier molecular flexibility index (Phi) is 5.16. The molecule has 0 spiro atoms. The molecule has 0 aliphatic carbocycles. The van der Waals surface area contributed by atoms with Crippen LogP contribution in [0.5, 0.6) is 0 Å². The van der Waals surface area contributed by atoms with E-state index in [9.17, 15) is 0 Å². The van der Waals surface area contributed by atoms with E-state index in [1.54, 1.807) is 0 Å². The average molecular weight is 207 g/mol. The van der Waals surface area contributed by atoms with Crippen LogP contribution < -0.4 is 9.47 Å². The molecule has 0 bridgehead atoms. The van der Waals surface area contributed by atoms with Gasteiger partial charge >= 0.3 is 0 Å². The fraction of sp³-hybridized carbons (Fsp3) is 0.615. The van der Waals surface area contributed by atoms with Gasteiger partial charge < -0.3 is 4.90 Å². The minimum absolute atomic E-state index is 1.15. The van der Waals surface area contributed by atoms with E-state index in [4.69, 9.17) is 0 Å². The fourth-order valence-corrected chi connectivity index (χ4v) is 1.62. The van der Waals surface area contributed by atoms with Gasteiger partial charge in [0.25, 0.3) is 0 Å². The summed E-state index contributed by atoms with van der Waals surface area (Å²) >= 11 is 0. The topological polar surface area (TPSA) is 7.12 Å². The van der Waals surface area contributed by atoms with Crippen LogP contribution in [-0.2, 0) is 6.54 Å². The van der Waals surface area contributed by atoms with Gasteiger partial charge in [-0.2, -0.15) is 0 Å². The van der Waals surface area contributed by atoms with Crippen LogP contribution in [0.3, 0.4) is 0 Å². The summed E-state index contributed by atoms with van der Waals surface area (Å²) in [7, 11) is 4.14. The molecule has 0 saturated heterocycles. The molecule has 0 aromatic carbocycles. The molecule has 0 fully saturated rings. The monoisotopic (exact) mass is 207 g/mol. The van der Waals surface area contributed by atoms with E-state index in [-0.39, 0.29) is 0 Å². The van der Waals surface area contributed by atoms with Crippen molar-refractivity contribution >= 4 is 5.69 Å². The van der Waals surface area contributed by atoms with Crippen LogP contribution in [0.4, 0.5) is 5.69 Å². The van der Waals surface area contributed by atoms with Gasteiger partial charge in [-0.05, 0) is 6.42 Å². The van der Waals surface area contributed by atoms with E-state index >= 15 is 0 Å². The number of unbranched alkanes of at least 4 members (excludes halogenated alkanes) is 3. The molecule has 0 atom stereocenters. The van der Waals surface area contributed by atoms with Crippen molar-refractivity contribution in [2.45, 2.75) is 39.2 Å². The summed E-state index contributed by atoms with van der Waals surface area (Å²) in [5.74, 6) is 0. The number of pyridine rings is 1. The summed E-state index contributed by atoms with van der Waals surface area (Å²) in [5.41, 5.74) is 1.26. The molecule has 0 N–H and O–H groups in total. The number of anilines is 1. The van der Waals surface area contributed by atoms with Gasteiger partial charge in [0.05, 0.1) is 0 Å². The van der Waals surface area contributed by atoms with Crippen LogP contribution in [0, 0.1) is 0 Å². The highest BCUT2D eigenvalue weighted by Gasteiger charge is 2.01. The first-order chi connectivity index (χ1) is 7.24. The van der Waals surface area contributed by atoms with Crippen LogP contribution in [0.2, 0.25) is 0 Å². The third-order valence-corrected chi connectivity index (χ3v) is 2.66. The molecule has 0 aliphatic rings. The number of hydrogen-bond donors (Lipinski definition) is 0. The van der Waals surface area contributed by atoms with E-state index in [0.717, 1.165) is 6.54 Å². The lowest BCUT2D eigenvalue weighted by Gasteiger charge is -2.10. The summed E-state index contributed by atoms with van der Waals surface area (Å²) in [5, 5.41) is 0. The van der Waals surface area contributed by atoms with Gasteiger partial charge in [-0.3, -0.25) is 0 Å². The van der Waals surface area contributed by atoms with Crippen molar-refractivity contribution < 1.29 is 4.57 Å². The first-order valence-electron chi connectivity index (χ1n) is 5.90. The molecule has 1 heterocycles. The molecule has 1 aromatic heterocycles. The van der Waals surface area contributed by atoms with Gasteiger partial charge in [-0.15, -0.1) is 0 Å². The van der Waals surface area contributed by atoms with Crippen molar-refractivity contribution in [2.75, 3.05) is 19.0 Å². The van der Waals surface area contributed by atoms with E-state index in [1.165, 1.54) is 31.4 Å². The van der Waals surface area contributed by atoms with Crippen LogP contribution >= 0.6 is 0 Å². The Labute approximate surface area is 93.5 Å². The zero-order chi connectivity index (χ0) is 11.1. The fourth-order valence-electron chi connectivity index (χ4n) is 1.62. The highest BCUT2D eigenvalue weighted by molar-refractivity contribution is 5.41. The first kappa shape index (κ1) is 12.0. The summed E-state index contributed by atoms with van der Waals surface area (Å²) in [6.07, 6.45) is 9.64. The van der Waals surface area contributed by atoms with Gasteiger partial charge in [0.2, 0.25) is 0 Å². The van der Waals surface area contributed by atoms with E-state index in [2.05, 4.69) is 55.0 Å². The Hall–Kier alpha value is -1.05. The number of aryl methyl sites for hydroxylation is 1. The van der Waals surface area contributed by atoms with E-state index in [1.807, 2.05) is 0 Å². The van der Waals surface area contributed by atoms with Crippen LogP contribution in [0.15, 0.2) is 24.5 Å². The third-order valence-electron chi connectivity index (χ3n) is 2.66. The second-order valence-electron chi connectivity index (χ2n) is 4.25. The molecule has 2 heteroatoms. The smallest absolute Gasteiger partial charge is 0.170 e. The van der Waals surface area contributed by atoms with Gasteiger partial charge in [0.15, 0.2) is 12.4 Å². The highest BCUT2D eigenvalue weighted by atomic mass is 15.1. The molecule has 0 amide bonds. The average Bonchev–Trinajstić information content (AvgIpc) is 2.25. The third kappa shape index (κ3) is 4.32. The molecule has 0 aliphatic heterocycles. The summed E-state index contributed by atoms with van der Waals surface area (Å²) in [4.78, 5) is 2.13. The van der Waals surface area contributed by atoms with Gasteiger partial charge in [-0.25, -0.2) is 4.57 Å². The molecular weight excluding hydrogens is 184 g/mol. The van der Waals surface area contributed by atoms with Crippen molar-refractivity contribution in [3.63, 3.8) is 0 Å². The Morgan fingerprint density at radius 3 is 2.27 bits per heavy atom. The Morgan fingerprint density at radius 1 is 1.07 bits per heavy atom. The summed E-state index contributed by atoms with van der Waals surface area (Å²) in [6, 6.07) is 4.33. The lowest BCUT2D eigenvalue weighted by Crippen LogP contribution is -2.32. The van der Waals surface area contributed by atoms with Crippen molar-refractivity contribution in [2.24, 2.45) is 0 Å². The maximum absolute atomic E-state index is 2.27. The van der Waals surface area contributed by atoms with Crippen LogP contribution in [0.25, 0.3) is 0 Å². The maximum Gasteiger partial charge on any atom is 0.170 e. The van der Waals surface area contributed by atoms with Crippen molar-refractivity contribution in [3.8, 4) is 0 Å². The second kappa shape index (κ2) is 6.44. The van der Waals surface area contributed by atoms with Crippen molar-refractivity contribution in [3.05, 3.63) is 24.5 Å². The van der Waals surface area contributed by atoms with Crippen molar-refractivity contribution in [1.82, 2.24) is 0 Å². The lowest BCUT2D eigenvalue weighted by atomic mass is 10.2. The number of rotatable bonds is 6. The zero-order valence-electron chi connectivity index (χ0n) is 10.2. The molecule has 15 heavy (non-hydrogen) atoms. The summed E-state index contributed by atoms with van der Waals surface area (Å²) < 4.78 is 2.27. The van der Waals surface area contributed by atoms with Crippen LogP contribution in [0.1, 0.15) is 32.6 Å². The van der Waals surface area contributed by atoms with Crippen molar-refractivity contribution in [1.29, 1.82) is 0 Å².